The molecular formula is C4H2Cl2F4. The predicted octanol–water partition coefficient (Wildman–Crippen LogP) is 3.21. The first-order chi connectivity index (χ1) is 4.31. The molecule has 0 atom stereocenters. The van der Waals surface area contributed by atoms with Crippen LogP contribution < -0.4 is 0 Å². The smallest absolute Gasteiger partial charge is 0.216 e. The van der Waals surface area contributed by atoms with E-state index in [1.807, 2.05) is 0 Å². The van der Waals surface area contributed by atoms with Crippen LogP contribution in [0.5, 0.6) is 0 Å². The Morgan fingerprint density at radius 1 is 1.10 bits per heavy atom. The molecular weight excluding hydrogens is 195 g/mol. The van der Waals surface area contributed by atoms with E-state index in [9.17, 15) is 17.6 Å². The van der Waals surface area contributed by atoms with Crippen molar-refractivity contribution in [3.63, 3.8) is 0 Å². The van der Waals surface area contributed by atoms with Crippen LogP contribution in [0.2, 0.25) is 0 Å². The predicted molar refractivity (Wildman–Crippen MR) is 30.7 cm³/mol. The van der Waals surface area contributed by atoms with Gasteiger partial charge in [-0.25, -0.2) is 4.39 Å². The molecule has 0 radical (unpaired) electrons. The van der Waals surface area contributed by atoms with Crippen molar-refractivity contribution in [2.45, 2.75) is 10.5 Å². The van der Waals surface area contributed by atoms with Gasteiger partial charge in [-0.1, -0.05) is 23.2 Å². The van der Waals surface area contributed by atoms with Crippen LogP contribution in [0.4, 0.5) is 17.6 Å². The van der Waals surface area contributed by atoms with Gasteiger partial charge >= 0.3 is 6.18 Å². The van der Waals surface area contributed by atoms with Gasteiger partial charge in [0, 0.05) is 0 Å². The molecule has 0 heterocycles. The molecule has 0 bridgehead atoms. The van der Waals surface area contributed by atoms with Gasteiger partial charge in [0.1, 0.15) is 0 Å². The highest BCUT2D eigenvalue weighted by molar-refractivity contribution is 6.50. The number of hydrogen-bond donors (Lipinski definition) is 0. The fraction of sp³-hybridized carbons (Fsp3) is 0.500. The van der Waals surface area contributed by atoms with Crippen molar-refractivity contribution >= 4 is 23.2 Å². The first-order valence-corrected chi connectivity index (χ1v) is 2.79. The van der Waals surface area contributed by atoms with Gasteiger partial charge in [0.25, 0.3) is 0 Å². The first-order valence-electron chi connectivity index (χ1n) is 2.04. The lowest BCUT2D eigenvalue weighted by molar-refractivity contribution is -0.131. The molecule has 0 rings (SSSR count). The molecule has 0 aromatic carbocycles. The second-order valence-corrected chi connectivity index (χ2v) is 2.80. The SMILES string of the molecule is F/C=C\C(Cl)(Cl)C(F)(F)F. The summed E-state index contributed by atoms with van der Waals surface area (Å²) < 4.78 is 42.7. The van der Waals surface area contributed by atoms with Gasteiger partial charge in [-0.15, -0.1) is 0 Å². The topological polar surface area (TPSA) is 0 Å². The molecule has 0 nitrogen and oxygen atoms in total. The second kappa shape index (κ2) is 2.96. The summed E-state index contributed by atoms with van der Waals surface area (Å²) in [5, 5.41) is 0. The summed E-state index contributed by atoms with van der Waals surface area (Å²) in [7, 11) is 0. The van der Waals surface area contributed by atoms with Crippen LogP contribution in [0.15, 0.2) is 12.4 Å². The minimum absolute atomic E-state index is 0.0100. The van der Waals surface area contributed by atoms with E-state index in [1.54, 1.807) is 0 Å². The average molecular weight is 197 g/mol. The van der Waals surface area contributed by atoms with Crippen molar-refractivity contribution in [1.82, 2.24) is 0 Å². The zero-order valence-electron chi connectivity index (χ0n) is 4.42. The number of allylic oxidation sites excluding steroid dienone is 1. The average Bonchev–Trinajstić information content (AvgIpc) is 1.61. The van der Waals surface area contributed by atoms with Crippen molar-refractivity contribution in [2.24, 2.45) is 0 Å². The van der Waals surface area contributed by atoms with E-state index >= 15 is 0 Å². The largest absolute Gasteiger partial charge is 0.425 e. The van der Waals surface area contributed by atoms with Gasteiger partial charge in [0.15, 0.2) is 0 Å². The number of alkyl halides is 5. The van der Waals surface area contributed by atoms with E-state index in [-0.39, 0.29) is 12.4 Å². The van der Waals surface area contributed by atoms with Crippen LogP contribution in [-0.2, 0) is 0 Å². The minimum atomic E-state index is -4.85. The van der Waals surface area contributed by atoms with Crippen molar-refractivity contribution in [3.05, 3.63) is 12.4 Å². The van der Waals surface area contributed by atoms with Crippen LogP contribution in [0.25, 0.3) is 0 Å². The highest BCUT2D eigenvalue weighted by atomic mass is 35.5. The van der Waals surface area contributed by atoms with Gasteiger partial charge in [-0.05, 0) is 6.08 Å². The Morgan fingerprint density at radius 3 is 1.60 bits per heavy atom. The highest BCUT2D eigenvalue weighted by Crippen LogP contribution is 2.40. The lowest BCUT2D eigenvalue weighted by atomic mass is 10.4. The van der Waals surface area contributed by atoms with E-state index in [1.165, 1.54) is 0 Å². The summed E-state index contributed by atoms with van der Waals surface area (Å²) in [5.74, 6) is 0. The van der Waals surface area contributed by atoms with Crippen molar-refractivity contribution in [2.75, 3.05) is 0 Å². The lowest BCUT2D eigenvalue weighted by Gasteiger charge is -2.17. The zero-order chi connectivity index (χ0) is 8.41. The van der Waals surface area contributed by atoms with Crippen LogP contribution in [0.3, 0.4) is 0 Å². The molecule has 0 aliphatic heterocycles. The van der Waals surface area contributed by atoms with Crippen LogP contribution in [-0.4, -0.2) is 10.5 Å². The Balaban J connectivity index is 4.40. The third-order valence-electron chi connectivity index (χ3n) is 0.650. The van der Waals surface area contributed by atoms with E-state index < -0.39 is 10.5 Å². The van der Waals surface area contributed by atoms with Gasteiger partial charge in [-0.3, -0.25) is 0 Å². The van der Waals surface area contributed by atoms with E-state index in [0.29, 0.717) is 0 Å². The molecule has 0 aliphatic carbocycles. The third kappa shape index (κ3) is 2.34. The van der Waals surface area contributed by atoms with E-state index in [0.717, 1.165) is 0 Å². The molecule has 0 unspecified atom stereocenters. The number of hydrogen-bond acceptors (Lipinski definition) is 0. The maximum Gasteiger partial charge on any atom is 0.425 e. The molecule has 10 heavy (non-hydrogen) atoms. The molecule has 0 saturated heterocycles. The van der Waals surface area contributed by atoms with Crippen molar-refractivity contribution < 1.29 is 17.6 Å². The summed E-state index contributed by atoms with van der Waals surface area (Å²) in [6.07, 6.45) is -5.19. The Kier molecular flexibility index (Phi) is 2.98. The normalized spacial score (nSPS) is 14.6. The fourth-order valence-electron chi connectivity index (χ4n) is 0.174. The van der Waals surface area contributed by atoms with Crippen molar-refractivity contribution in [3.8, 4) is 0 Å². The molecule has 0 aliphatic rings. The summed E-state index contributed by atoms with van der Waals surface area (Å²) in [6, 6.07) is 0. The standard InChI is InChI=1S/C4H2Cl2F4/c5-3(6,1-2-7)4(8,9)10/h1-2H/b2-1-. The molecule has 0 aromatic heterocycles. The molecule has 60 valence electrons. The van der Waals surface area contributed by atoms with E-state index in [2.05, 4.69) is 23.2 Å². The van der Waals surface area contributed by atoms with Crippen LogP contribution >= 0.6 is 23.2 Å². The van der Waals surface area contributed by atoms with Gasteiger partial charge < -0.3 is 0 Å². The van der Waals surface area contributed by atoms with E-state index in [4.69, 9.17) is 0 Å². The zero-order valence-corrected chi connectivity index (χ0v) is 5.93. The summed E-state index contributed by atoms with van der Waals surface area (Å²) in [5.41, 5.74) is 0. The minimum Gasteiger partial charge on any atom is -0.216 e. The third-order valence-corrected chi connectivity index (χ3v) is 1.33. The lowest BCUT2D eigenvalue weighted by Crippen LogP contribution is -2.31. The Morgan fingerprint density at radius 2 is 1.50 bits per heavy atom. The fourth-order valence-corrected chi connectivity index (χ4v) is 0.269. The summed E-state index contributed by atoms with van der Waals surface area (Å²) in [4.78, 5) is 0. The number of halogens is 6. The Bertz CT molecular complexity index is 137. The quantitative estimate of drug-likeness (QED) is 0.447. The molecule has 0 N–H and O–H groups in total. The number of rotatable bonds is 1. The molecule has 0 fully saturated rings. The summed E-state index contributed by atoms with van der Waals surface area (Å²) >= 11 is 9.25. The van der Waals surface area contributed by atoms with Crippen LogP contribution in [0.1, 0.15) is 0 Å². The van der Waals surface area contributed by atoms with Crippen molar-refractivity contribution in [1.29, 1.82) is 0 Å². The first kappa shape index (κ1) is 10.0. The van der Waals surface area contributed by atoms with Gasteiger partial charge in [0.2, 0.25) is 4.33 Å². The van der Waals surface area contributed by atoms with Crippen LogP contribution in [0, 0.1) is 0 Å². The molecule has 0 aromatic rings. The molecule has 6 heteroatoms. The molecule has 0 saturated carbocycles. The second-order valence-electron chi connectivity index (χ2n) is 1.41. The highest BCUT2D eigenvalue weighted by Gasteiger charge is 2.50. The monoisotopic (exact) mass is 196 g/mol. The summed E-state index contributed by atoms with van der Waals surface area (Å²) in [6.45, 7) is 0. The molecule has 0 amide bonds. The Hall–Kier alpha value is 0.0400. The van der Waals surface area contributed by atoms with Gasteiger partial charge in [0.05, 0.1) is 6.33 Å². The maximum atomic E-state index is 11.5. The van der Waals surface area contributed by atoms with Gasteiger partial charge in [-0.2, -0.15) is 13.2 Å². The maximum absolute atomic E-state index is 11.5. The Labute approximate surface area is 64.4 Å². The molecule has 0 spiro atoms.